The van der Waals surface area contributed by atoms with E-state index >= 15 is 0 Å². The van der Waals surface area contributed by atoms with Gasteiger partial charge in [-0.1, -0.05) is 48.5 Å². The first kappa shape index (κ1) is 23.0. The molecule has 5 nitrogen and oxygen atoms in total. The lowest BCUT2D eigenvalue weighted by Gasteiger charge is -2.15. The number of hydrogen-bond acceptors (Lipinski definition) is 6. The molecule has 0 aliphatic heterocycles. The number of hydrogen-bond donors (Lipinski definition) is 1. The molecular weight excluding hydrogens is 452 g/mol. The first-order chi connectivity index (χ1) is 16.0. The number of thioether (sulfide) groups is 1. The Kier molecular flexibility index (Phi) is 7.42. The third kappa shape index (κ3) is 6.00. The van der Waals surface area contributed by atoms with Crippen LogP contribution in [0.25, 0.3) is 10.8 Å². The summed E-state index contributed by atoms with van der Waals surface area (Å²) in [5, 5.41) is 8.20. The van der Waals surface area contributed by atoms with E-state index in [9.17, 15) is 9.59 Å². The molecule has 0 saturated heterocycles. The molecule has 1 heterocycles. The van der Waals surface area contributed by atoms with E-state index in [-0.39, 0.29) is 18.6 Å². The number of amides is 1. The second-order valence-corrected chi connectivity index (χ2v) is 9.69. The van der Waals surface area contributed by atoms with Crippen LogP contribution in [0.15, 0.2) is 77.0 Å². The molecule has 1 N–H and O–H groups in total. The second kappa shape index (κ2) is 10.6. The number of fused-ring (bicyclic) bond motifs is 1. The predicted octanol–water partition coefficient (Wildman–Crippen LogP) is 5.93. The highest BCUT2D eigenvalue weighted by molar-refractivity contribution is 7.98. The Morgan fingerprint density at radius 1 is 1.06 bits per heavy atom. The number of thiazole rings is 1. The highest BCUT2D eigenvalue weighted by Gasteiger charge is 2.16. The summed E-state index contributed by atoms with van der Waals surface area (Å²) in [4.78, 5) is 30.3. The van der Waals surface area contributed by atoms with E-state index in [2.05, 4.69) is 22.4 Å². The lowest BCUT2D eigenvalue weighted by atomic mass is 10.0. The maximum atomic E-state index is 12.7. The summed E-state index contributed by atoms with van der Waals surface area (Å²) in [6.07, 6.45) is 0. The third-order valence-corrected chi connectivity index (χ3v) is 7.06. The Balaban J connectivity index is 1.33. The molecule has 33 heavy (non-hydrogen) atoms. The standard InChI is InChI=1S/C26H24N2O3S2/c1-17(20-12-11-19-7-3-4-8-21(19)13-20)27-25(29)14-31-26(30)23-9-5-6-10-24(23)33-16-22-15-32-18(2)28-22/h3-13,15,17H,14,16H2,1-2H3,(H,27,29). The first-order valence-electron chi connectivity index (χ1n) is 10.6. The van der Waals surface area contributed by atoms with Gasteiger partial charge in [0.15, 0.2) is 6.61 Å². The number of carbonyl (C=O) groups is 2. The van der Waals surface area contributed by atoms with Crippen molar-refractivity contribution in [3.63, 3.8) is 0 Å². The van der Waals surface area contributed by atoms with Gasteiger partial charge < -0.3 is 10.1 Å². The van der Waals surface area contributed by atoms with Gasteiger partial charge in [0.25, 0.3) is 5.91 Å². The molecule has 3 aromatic carbocycles. The number of esters is 1. The largest absolute Gasteiger partial charge is 0.452 e. The van der Waals surface area contributed by atoms with Gasteiger partial charge in [-0.15, -0.1) is 23.1 Å². The molecule has 0 aliphatic carbocycles. The number of aromatic nitrogens is 1. The van der Waals surface area contributed by atoms with Crippen molar-refractivity contribution in [2.24, 2.45) is 0 Å². The van der Waals surface area contributed by atoms with E-state index in [0.29, 0.717) is 11.3 Å². The van der Waals surface area contributed by atoms with Gasteiger partial charge in [-0.25, -0.2) is 9.78 Å². The zero-order valence-corrected chi connectivity index (χ0v) is 20.0. The van der Waals surface area contributed by atoms with E-state index in [4.69, 9.17) is 4.74 Å². The van der Waals surface area contributed by atoms with Crippen molar-refractivity contribution in [2.75, 3.05) is 6.61 Å². The van der Waals surface area contributed by atoms with E-state index in [1.165, 1.54) is 11.8 Å². The molecule has 1 atom stereocenters. The number of carbonyl (C=O) groups excluding carboxylic acids is 2. The topological polar surface area (TPSA) is 68.3 Å². The quantitative estimate of drug-likeness (QED) is 0.252. The molecule has 0 saturated carbocycles. The molecule has 0 aliphatic rings. The summed E-state index contributed by atoms with van der Waals surface area (Å²) < 4.78 is 5.32. The molecule has 1 aromatic heterocycles. The average Bonchev–Trinajstić information content (AvgIpc) is 3.26. The second-order valence-electron chi connectivity index (χ2n) is 7.61. The van der Waals surface area contributed by atoms with Crippen molar-refractivity contribution in [2.45, 2.75) is 30.5 Å². The fourth-order valence-corrected chi connectivity index (χ4v) is 5.09. The van der Waals surface area contributed by atoms with Crippen LogP contribution in [0.1, 0.15) is 39.6 Å². The summed E-state index contributed by atoms with van der Waals surface area (Å²) in [6, 6.07) is 21.2. The van der Waals surface area contributed by atoms with Crippen molar-refractivity contribution in [1.29, 1.82) is 0 Å². The van der Waals surface area contributed by atoms with Gasteiger partial charge in [-0.3, -0.25) is 4.79 Å². The molecule has 4 rings (SSSR count). The molecule has 0 spiro atoms. The van der Waals surface area contributed by atoms with Crippen LogP contribution in [0.2, 0.25) is 0 Å². The van der Waals surface area contributed by atoms with Crippen molar-refractivity contribution >= 4 is 45.7 Å². The van der Waals surface area contributed by atoms with Crippen LogP contribution in [0.4, 0.5) is 0 Å². The molecule has 7 heteroatoms. The van der Waals surface area contributed by atoms with Gasteiger partial charge >= 0.3 is 5.97 Å². The normalized spacial score (nSPS) is 11.8. The van der Waals surface area contributed by atoms with E-state index in [1.807, 2.05) is 61.7 Å². The van der Waals surface area contributed by atoms with Gasteiger partial charge in [0, 0.05) is 16.0 Å². The summed E-state index contributed by atoms with van der Waals surface area (Å²) in [6.45, 7) is 3.55. The van der Waals surface area contributed by atoms with Crippen molar-refractivity contribution in [3.8, 4) is 0 Å². The molecule has 0 bridgehead atoms. The fourth-order valence-electron chi connectivity index (χ4n) is 3.44. The van der Waals surface area contributed by atoms with Crippen LogP contribution in [-0.2, 0) is 15.3 Å². The van der Waals surface area contributed by atoms with Gasteiger partial charge in [0.05, 0.1) is 22.3 Å². The van der Waals surface area contributed by atoms with Gasteiger partial charge in [0.1, 0.15) is 0 Å². The van der Waals surface area contributed by atoms with Crippen molar-refractivity contribution in [1.82, 2.24) is 10.3 Å². The number of benzene rings is 3. The molecule has 0 radical (unpaired) electrons. The Morgan fingerprint density at radius 3 is 2.61 bits per heavy atom. The van der Waals surface area contributed by atoms with Crippen LogP contribution in [0, 0.1) is 6.92 Å². The Labute approximate surface area is 201 Å². The number of ether oxygens (including phenoxy) is 1. The van der Waals surface area contributed by atoms with Crippen LogP contribution in [0.3, 0.4) is 0 Å². The molecule has 4 aromatic rings. The maximum Gasteiger partial charge on any atom is 0.339 e. The van der Waals surface area contributed by atoms with Crippen LogP contribution < -0.4 is 5.32 Å². The smallest absolute Gasteiger partial charge is 0.339 e. The highest BCUT2D eigenvalue weighted by atomic mass is 32.2. The minimum atomic E-state index is -0.513. The van der Waals surface area contributed by atoms with E-state index in [0.717, 1.165) is 31.9 Å². The highest BCUT2D eigenvalue weighted by Crippen LogP contribution is 2.27. The minimum absolute atomic E-state index is 0.204. The predicted molar refractivity (Wildman–Crippen MR) is 134 cm³/mol. The summed E-state index contributed by atoms with van der Waals surface area (Å²) in [5.41, 5.74) is 2.42. The monoisotopic (exact) mass is 476 g/mol. The van der Waals surface area contributed by atoms with Crippen LogP contribution in [0.5, 0.6) is 0 Å². The number of nitrogens with zero attached hydrogens (tertiary/aromatic N) is 1. The van der Waals surface area contributed by atoms with Gasteiger partial charge in [-0.05, 0) is 48.4 Å². The zero-order valence-electron chi connectivity index (χ0n) is 18.4. The molecule has 0 fully saturated rings. The van der Waals surface area contributed by atoms with Crippen LogP contribution >= 0.6 is 23.1 Å². The SMILES string of the molecule is Cc1nc(CSc2ccccc2C(=O)OCC(=O)NC(C)c2ccc3ccccc3c2)cs1. The Hall–Kier alpha value is -3.16. The summed E-state index contributed by atoms with van der Waals surface area (Å²) in [7, 11) is 0. The number of nitrogens with one attached hydrogen (secondary N) is 1. The summed E-state index contributed by atoms with van der Waals surface area (Å²) in [5.74, 6) is -0.188. The van der Waals surface area contributed by atoms with Crippen LogP contribution in [-0.4, -0.2) is 23.5 Å². The van der Waals surface area contributed by atoms with Crippen molar-refractivity contribution < 1.29 is 14.3 Å². The van der Waals surface area contributed by atoms with Gasteiger partial charge in [-0.2, -0.15) is 0 Å². The molecule has 1 amide bonds. The minimum Gasteiger partial charge on any atom is -0.452 e. The Bertz CT molecular complexity index is 1290. The number of rotatable bonds is 8. The molecule has 168 valence electrons. The molecular formula is C26H24N2O3S2. The van der Waals surface area contributed by atoms with Gasteiger partial charge in [0.2, 0.25) is 0 Å². The van der Waals surface area contributed by atoms with E-state index in [1.54, 1.807) is 23.5 Å². The summed E-state index contributed by atoms with van der Waals surface area (Å²) >= 11 is 3.13. The molecule has 1 unspecified atom stereocenters. The average molecular weight is 477 g/mol. The maximum absolute atomic E-state index is 12.7. The third-order valence-electron chi connectivity index (χ3n) is 5.13. The lowest BCUT2D eigenvalue weighted by molar-refractivity contribution is -0.124. The Morgan fingerprint density at radius 2 is 1.82 bits per heavy atom. The fraction of sp³-hybridized carbons (Fsp3) is 0.192. The number of aryl methyl sites for hydroxylation is 1. The first-order valence-corrected chi connectivity index (χ1v) is 12.4. The van der Waals surface area contributed by atoms with E-state index < -0.39 is 5.97 Å². The van der Waals surface area contributed by atoms with Crippen molar-refractivity contribution in [3.05, 3.63) is 93.9 Å². The lowest BCUT2D eigenvalue weighted by Crippen LogP contribution is -2.31. The zero-order chi connectivity index (χ0) is 23.2.